The number of nitrogens with zero attached hydrogens (tertiary/aromatic N) is 2. The minimum atomic E-state index is -0.604. The van der Waals surface area contributed by atoms with E-state index in [1.807, 2.05) is 0 Å². The minimum absolute atomic E-state index is 0.0772. The van der Waals surface area contributed by atoms with E-state index in [9.17, 15) is 14.7 Å². The lowest BCUT2D eigenvalue weighted by molar-refractivity contribution is -0.133. The molecule has 1 aromatic rings. The van der Waals surface area contributed by atoms with Gasteiger partial charge < -0.3 is 15.3 Å². The Morgan fingerprint density at radius 3 is 2.70 bits per heavy atom. The maximum absolute atomic E-state index is 12.2. The molecule has 0 bridgehead atoms. The quantitative estimate of drug-likeness (QED) is 0.860. The molecule has 2 amide bonds. The zero-order chi connectivity index (χ0) is 14.5. The van der Waals surface area contributed by atoms with E-state index < -0.39 is 11.9 Å². The lowest BCUT2D eigenvalue weighted by atomic mass is 10.1. The minimum Gasteiger partial charge on any atom is -0.505 e. The standard InChI is InChI=1S/C14H19N3O3/c1-10(14(20)17-7-3-2-4-8-17)16-13(19)11-5-6-15-9-12(11)18/h5-6,9-10,18H,2-4,7-8H2,1H3,(H,16,19). The number of nitrogens with one attached hydrogen (secondary N) is 1. The van der Waals surface area contributed by atoms with Crippen molar-refractivity contribution in [3.8, 4) is 5.75 Å². The molecular weight excluding hydrogens is 258 g/mol. The zero-order valence-electron chi connectivity index (χ0n) is 11.5. The number of piperidine rings is 1. The summed E-state index contributed by atoms with van der Waals surface area (Å²) in [5.41, 5.74) is 0.123. The number of likely N-dealkylation sites (tertiary alicyclic amines) is 1. The molecule has 2 N–H and O–H groups in total. The van der Waals surface area contributed by atoms with Crippen molar-refractivity contribution in [2.45, 2.75) is 32.2 Å². The highest BCUT2D eigenvalue weighted by molar-refractivity contribution is 5.99. The van der Waals surface area contributed by atoms with Crippen LogP contribution in [-0.4, -0.2) is 45.9 Å². The Balaban J connectivity index is 1.97. The molecule has 2 rings (SSSR count). The van der Waals surface area contributed by atoms with E-state index in [-0.39, 0.29) is 17.2 Å². The number of aromatic hydroxyl groups is 1. The van der Waals surface area contributed by atoms with Crippen LogP contribution in [0.1, 0.15) is 36.5 Å². The second kappa shape index (κ2) is 6.36. The molecule has 1 atom stereocenters. The highest BCUT2D eigenvalue weighted by Gasteiger charge is 2.24. The van der Waals surface area contributed by atoms with E-state index in [1.165, 1.54) is 18.5 Å². The Morgan fingerprint density at radius 1 is 1.35 bits per heavy atom. The van der Waals surface area contributed by atoms with Gasteiger partial charge in [-0.25, -0.2) is 0 Å². The maximum Gasteiger partial charge on any atom is 0.255 e. The normalized spacial score (nSPS) is 16.6. The smallest absolute Gasteiger partial charge is 0.255 e. The second-order valence-electron chi connectivity index (χ2n) is 4.97. The van der Waals surface area contributed by atoms with Gasteiger partial charge in [0, 0.05) is 19.3 Å². The van der Waals surface area contributed by atoms with E-state index >= 15 is 0 Å². The number of hydrogen-bond acceptors (Lipinski definition) is 4. The van der Waals surface area contributed by atoms with Gasteiger partial charge in [-0.1, -0.05) is 0 Å². The van der Waals surface area contributed by atoms with Gasteiger partial charge >= 0.3 is 0 Å². The van der Waals surface area contributed by atoms with E-state index in [0.717, 1.165) is 32.4 Å². The van der Waals surface area contributed by atoms with Gasteiger partial charge in [-0.15, -0.1) is 0 Å². The fraction of sp³-hybridized carbons (Fsp3) is 0.500. The molecule has 1 aliphatic rings. The number of pyridine rings is 1. The van der Waals surface area contributed by atoms with E-state index in [2.05, 4.69) is 10.3 Å². The predicted octanol–water partition coefficient (Wildman–Crippen LogP) is 0.918. The number of carbonyl (C=O) groups is 2. The molecule has 0 spiro atoms. The Kier molecular flexibility index (Phi) is 4.55. The average Bonchev–Trinajstić information content (AvgIpc) is 2.47. The number of aromatic nitrogens is 1. The molecule has 1 unspecified atom stereocenters. The fourth-order valence-corrected chi connectivity index (χ4v) is 2.30. The van der Waals surface area contributed by atoms with Crippen molar-refractivity contribution in [3.05, 3.63) is 24.0 Å². The summed E-state index contributed by atoms with van der Waals surface area (Å²) in [7, 11) is 0. The molecule has 20 heavy (non-hydrogen) atoms. The topological polar surface area (TPSA) is 82.5 Å². The SMILES string of the molecule is CC(NC(=O)c1ccncc1O)C(=O)N1CCCCC1. The first kappa shape index (κ1) is 14.3. The van der Waals surface area contributed by atoms with Crippen molar-refractivity contribution in [1.29, 1.82) is 0 Å². The van der Waals surface area contributed by atoms with Gasteiger partial charge in [0.15, 0.2) is 0 Å². The Labute approximate surface area is 117 Å². The molecular formula is C14H19N3O3. The molecule has 1 aliphatic heterocycles. The molecule has 0 radical (unpaired) electrons. The summed E-state index contributed by atoms with van der Waals surface area (Å²) in [5.74, 6) is -0.739. The first-order valence-electron chi connectivity index (χ1n) is 6.82. The molecule has 2 heterocycles. The van der Waals surface area contributed by atoms with Crippen molar-refractivity contribution in [3.63, 3.8) is 0 Å². The van der Waals surface area contributed by atoms with Crippen LogP contribution in [0.3, 0.4) is 0 Å². The number of amides is 2. The van der Waals surface area contributed by atoms with Gasteiger partial charge in [0.05, 0.1) is 11.8 Å². The molecule has 108 valence electrons. The third kappa shape index (κ3) is 3.26. The molecule has 0 saturated carbocycles. The van der Waals surface area contributed by atoms with Gasteiger partial charge in [0.1, 0.15) is 11.8 Å². The van der Waals surface area contributed by atoms with Crippen LogP contribution in [0.25, 0.3) is 0 Å². The Morgan fingerprint density at radius 2 is 2.05 bits per heavy atom. The molecule has 1 saturated heterocycles. The van der Waals surface area contributed by atoms with Crippen molar-refractivity contribution >= 4 is 11.8 Å². The van der Waals surface area contributed by atoms with Crippen LogP contribution in [0.2, 0.25) is 0 Å². The summed E-state index contributed by atoms with van der Waals surface area (Å²) in [6.07, 6.45) is 5.79. The van der Waals surface area contributed by atoms with Crippen LogP contribution in [0.15, 0.2) is 18.5 Å². The largest absolute Gasteiger partial charge is 0.505 e. The summed E-state index contributed by atoms with van der Waals surface area (Å²) < 4.78 is 0. The third-order valence-corrected chi connectivity index (χ3v) is 3.43. The average molecular weight is 277 g/mol. The number of hydrogen-bond donors (Lipinski definition) is 2. The highest BCUT2D eigenvalue weighted by Crippen LogP contribution is 2.14. The lowest BCUT2D eigenvalue weighted by Gasteiger charge is -2.29. The first-order chi connectivity index (χ1) is 9.59. The van der Waals surface area contributed by atoms with E-state index in [4.69, 9.17) is 0 Å². The van der Waals surface area contributed by atoms with Gasteiger partial charge in [-0.05, 0) is 32.3 Å². The van der Waals surface area contributed by atoms with Crippen LogP contribution in [0.5, 0.6) is 5.75 Å². The molecule has 6 heteroatoms. The summed E-state index contributed by atoms with van der Waals surface area (Å²) in [6, 6.07) is 0.816. The molecule has 6 nitrogen and oxygen atoms in total. The van der Waals surface area contributed by atoms with Crippen LogP contribution in [0, 0.1) is 0 Å². The molecule has 1 fully saturated rings. The fourth-order valence-electron chi connectivity index (χ4n) is 2.30. The molecule has 0 aromatic carbocycles. The summed E-state index contributed by atoms with van der Waals surface area (Å²) in [6.45, 7) is 3.16. The first-order valence-corrected chi connectivity index (χ1v) is 6.82. The van der Waals surface area contributed by atoms with Gasteiger partial charge in [-0.3, -0.25) is 14.6 Å². The number of carbonyl (C=O) groups excluding carboxylic acids is 2. The van der Waals surface area contributed by atoms with Gasteiger partial charge in [0.2, 0.25) is 5.91 Å². The van der Waals surface area contributed by atoms with Gasteiger partial charge in [0.25, 0.3) is 5.91 Å². The summed E-state index contributed by atoms with van der Waals surface area (Å²) >= 11 is 0. The maximum atomic E-state index is 12.2. The summed E-state index contributed by atoms with van der Waals surface area (Å²) in [4.78, 5) is 29.7. The van der Waals surface area contributed by atoms with Crippen LogP contribution in [-0.2, 0) is 4.79 Å². The van der Waals surface area contributed by atoms with Crippen LogP contribution >= 0.6 is 0 Å². The zero-order valence-corrected chi connectivity index (χ0v) is 11.5. The Hall–Kier alpha value is -2.11. The van der Waals surface area contributed by atoms with E-state index in [1.54, 1.807) is 11.8 Å². The van der Waals surface area contributed by atoms with Crippen molar-refractivity contribution in [2.24, 2.45) is 0 Å². The van der Waals surface area contributed by atoms with Crippen molar-refractivity contribution in [1.82, 2.24) is 15.2 Å². The van der Waals surface area contributed by atoms with Crippen LogP contribution in [0.4, 0.5) is 0 Å². The number of rotatable bonds is 3. The second-order valence-corrected chi connectivity index (χ2v) is 4.97. The molecule has 1 aromatic heterocycles. The highest BCUT2D eigenvalue weighted by atomic mass is 16.3. The molecule has 0 aliphatic carbocycles. The summed E-state index contributed by atoms with van der Waals surface area (Å²) in [5, 5.41) is 12.2. The van der Waals surface area contributed by atoms with Crippen molar-refractivity contribution in [2.75, 3.05) is 13.1 Å². The third-order valence-electron chi connectivity index (χ3n) is 3.43. The van der Waals surface area contributed by atoms with Crippen LogP contribution < -0.4 is 5.32 Å². The Bertz CT molecular complexity index is 498. The van der Waals surface area contributed by atoms with Gasteiger partial charge in [-0.2, -0.15) is 0 Å². The monoisotopic (exact) mass is 277 g/mol. The van der Waals surface area contributed by atoms with Crippen molar-refractivity contribution < 1.29 is 14.7 Å². The lowest BCUT2D eigenvalue weighted by Crippen LogP contribution is -2.48. The predicted molar refractivity (Wildman–Crippen MR) is 73.3 cm³/mol. The van der Waals surface area contributed by atoms with E-state index in [0.29, 0.717) is 0 Å².